The van der Waals surface area contributed by atoms with Crippen molar-refractivity contribution >= 4 is 34.0 Å². The van der Waals surface area contributed by atoms with Gasteiger partial charge in [-0.1, -0.05) is 44.5 Å². The minimum atomic E-state index is -4.53. The van der Waals surface area contributed by atoms with E-state index in [2.05, 4.69) is 41.4 Å². The number of fused-ring (bicyclic) bond motifs is 1. The van der Waals surface area contributed by atoms with Crippen LogP contribution in [-0.4, -0.2) is 33.2 Å². The van der Waals surface area contributed by atoms with Crippen molar-refractivity contribution in [3.05, 3.63) is 71.0 Å². The first-order valence-electron chi connectivity index (χ1n) is 12.4. The lowest BCUT2D eigenvalue weighted by Gasteiger charge is -2.36. The molecule has 1 saturated carbocycles. The second kappa shape index (κ2) is 10.0. The molecule has 1 heterocycles. The highest BCUT2D eigenvalue weighted by atomic mass is 35.5. The van der Waals surface area contributed by atoms with Crippen LogP contribution in [0.3, 0.4) is 0 Å². The lowest BCUT2D eigenvalue weighted by molar-refractivity contribution is -0.189. The number of hydrogen-bond acceptors (Lipinski definition) is 7. The number of anilines is 2. The molecule has 0 aliphatic heterocycles. The summed E-state index contributed by atoms with van der Waals surface area (Å²) in [6.45, 7) is 8.55. The Balaban J connectivity index is 1.78. The van der Waals surface area contributed by atoms with Crippen LogP contribution in [0.5, 0.6) is 0 Å². The van der Waals surface area contributed by atoms with E-state index < -0.39 is 23.1 Å². The fourth-order valence-electron chi connectivity index (χ4n) is 4.28. The first kappa shape index (κ1) is 28.7. The third kappa shape index (κ3) is 5.84. The molecule has 210 valence electrons. The van der Waals surface area contributed by atoms with Crippen LogP contribution >= 0.6 is 11.6 Å². The van der Waals surface area contributed by atoms with Gasteiger partial charge < -0.3 is 21.4 Å². The first-order valence-corrected chi connectivity index (χ1v) is 12.7. The molecule has 0 bridgehead atoms. The van der Waals surface area contributed by atoms with Crippen molar-refractivity contribution in [2.24, 2.45) is 17.0 Å². The van der Waals surface area contributed by atoms with E-state index in [-0.39, 0.29) is 24.0 Å². The fraction of sp³-hybridized carbons (Fsp3) is 0.407. The zero-order valence-electron chi connectivity index (χ0n) is 22.1. The molecule has 0 radical (unpaired) electrons. The van der Waals surface area contributed by atoms with E-state index in [0.29, 0.717) is 44.5 Å². The van der Waals surface area contributed by atoms with Crippen LogP contribution in [0.25, 0.3) is 10.9 Å². The summed E-state index contributed by atoms with van der Waals surface area (Å²) in [4.78, 5) is 8.68. The summed E-state index contributed by atoms with van der Waals surface area (Å²) in [5, 5.41) is 8.21. The third-order valence-corrected chi connectivity index (χ3v) is 7.18. The van der Waals surface area contributed by atoms with Gasteiger partial charge in [0.25, 0.3) is 0 Å². The quantitative estimate of drug-likeness (QED) is 0.145. The van der Waals surface area contributed by atoms with Crippen molar-refractivity contribution in [2.45, 2.75) is 57.8 Å². The van der Waals surface area contributed by atoms with Crippen LogP contribution in [0.1, 0.15) is 46.1 Å². The monoisotopic (exact) mass is 565 g/mol. The molecule has 1 fully saturated rings. The molecule has 2 aromatic carbocycles. The maximum Gasteiger partial charge on any atom is 0.413 e. The van der Waals surface area contributed by atoms with Crippen LogP contribution in [0, 0.1) is 11.2 Å². The van der Waals surface area contributed by atoms with Gasteiger partial charge in [0.1, 0.15) is 23.5 Å². The molecule has 1 aromatic heterocycles. The van der Waals surface area contributed by atoms with Gasteiger partial charge in [-0.05, 0) is 55.0 Å². The highest BCUT2D eigenvalue weighted by Gasteiger charge is 2.66. The zero-order chi connectivity index (χ0) is 28.8. The van der Waals surface area contributed by atoms with E-state index in [4.69, 9.17) is 23.2 Å². The van der Waals surface area contributed by atoms with E-state index in [9.17, 15) is 17.6 Å². The number of aromatic nitrogens is 2. The fourth-order valence-corrected chi connectivity index (χ4v) is 4.55. The summed E-state index contributed by atoms with van der Waals surface area (Å²) in [6, 6.07) is 8.91. The Kier molecular flexibility index (Phi) is 7.37. The van der Waals surface area contributed by atoms with Crippen LogP contribution in [-0.2, 0) is 5.54 Å². The summed E-state index contributed by atoms with van der Waals surface area (Å²) < 4.78 is 54.9. The number of nitrogens with zero attached hydrogens (tertiary/aromatic N) is 3. The molecule has 4 rings (SSSR count). The summed E-state index contributed by atoms with van der Waals surface area (Å²) in [5.41, 5.74) is 4.45. The van der Waals surface area contributed by atoms with E-state index in [1.54, 1.807) is 19.1 Å². The normalized spacial score (nSPS) is 17.0. The summed E-state index contributed by atoms with van der Waals surface area (Å²) in [6.07, 6.45) is -2.30. The first-order chi connectivity index (χ1) is 18.1. The van der Waals surface area contributed by atoms with Crippen molar-refractivity contribution in [2.75, 3.05) is 17.2 Å². The van der Waals surface area contributed by atoms with E-state index in [0.717, 1.165) is 6.20 Å². The number of hydrogen-bond donors (Lipinski definition) is 4. The minimum Gasteiger partial charge on any atom is -0.399 e. The summed E-state index contributed by atoms with van der Waals surface area (Å²) >= 11 is 6.60. The molecule has 3 aromatic rings. The maximum absolute atomic E-state index is 13.8. The van der Waals surface area contributed by atoms with Gasteiger partial charge in [0, 0.05) is 23.8 Å². The van der Waals surface area contributed by atoms with Crippen LogP contribution in [0.4, 0.5) is 29.1 Å². The van der Waals surface area contributed by atoms with Gasteiger partial charge in [-0.3, -0.25) is 0 Å². The molecule has 6 N–H and O–H groups in total. The molecule has 0 spiro atoms. The number of benzene rings is 2. The highest BCUT2D eigenvalue weighted by molar-refractivity contribution is 6.35. The molecule has 0 saturated heterocycles. The summed E-state index contributed by atoms with van der Waals surface area (Å²) in [7, 11) is 0. The molecule has 1 unspecified atom stereocenters. The Morgan fingerprint density at radius 1 is 1.10 bits per heavy atom. The Morgan fingerprint density at radius 3 is 2.31 bits per heavy atom. The van der Waals surface area contributed by atoms with Crippen LogP contribution in [0.2, 0.25) is 5.02 Å². The number of rotatable bonds is 8. The average molecular weight is 566 g/mol. The molecule has 12 heteroatoms. The number of halogens is 5. The van der Waals surface area contributed by atoms with Gasteiger partial charge in [-0.2, -0.15) is 13.2 Å². The topological polar surface area (TPSA) is 105 Å². The van der Waals surface area contributed by atoms with Gasteiger partial charge in [0.2, 0.25) is 0 Å². The highest BCUT2D eigenvalue weighted by Crippen LogP contribution is 2.52. The Bertz CT molecular complexity index is 1380. The average Bonchev–Trinajstić information content (AvgIpc) is 3.65. The van der Waals surface area contributed by atoms with Crippen molar-refractivity contribution in [1.29, 1.82) is 0 Å². The molecule has 1 aliphatic rings. The SMILES string of the molecule is CC(C)(C)CNc1ncnc2c(Cl)cc(NC(C)(/C(N)=C/N(N)C3(C(F)(F)F)CC3)c3ccc(F)cc3)cc12. The van der Waals surface area contributed by atoms with Gasteiger partial charge >= 0.3 is 6.18 Å². The van der Waals surface area contributed by atoms with Crippen molar-refractivity contribution < 1.29 is 17.6 Å². The van der Waals surface area contributed by atoms with Crippen molar-refractivity contribution in [3.8, 4) is 0 Å². The number of nitrogens with two attached hydrogens (primary N) is 2. The summed E-state index contributed by atoms with van der Waals surface area (Å²) in [5.74, 6) is 6.00. The zero-order valence-corrected chi connectivity index (χ0v) is 22.9. The molecule has 39 heavy (non-hydrogen) atoms. The largest absolute Gasteiger partial charge is 0.413 e. The standard InChI is InChI=1S/C27H32ClF4N7/c1-24(2,3)14-35-23-19-11-18(12-20(28)22(19)36-15-37-23)38-25(4,16-5-7-17(29)8-6-16)21(33)13-39(34)26(9-10-26)27(30,31)32/h5-8,11-13,15,38H,9-10,14,33-34H2,1-4H3,(H,35,36,37)/b21-13-. The Hall–Kier alpha value is -3.31. The molecule has 7 nitrogen and oxygen atoms in total. The van der Waals surface area contributed by atoms with Crippen LogP contribution < -0.4 is 22.2 Å². The second-order valence-electron chi connectivity index (χ2n) is 11.3. The number of nitrogens with one attached hydrogen (secondary N) is 2. The smallest absolute Gasteiger partial charge is 0.399 e. The third-order valence-electron chi connectivity index (χ3n) is 6.90. The van der Waals surface area contributed by atoms with E-state index in [1.807, 2.05) is 0 Å². The number of hydrazine groups is 1. The number of alkyl halides is 3. The van der Waals surface area contributed by atoms with Crippen molar-refractivity contribution in [1.82, 2.24) is 15.0 Å². The maximum atomic E-state index is 13.8. The van der Waals surface area contributed by atoms with E-state index >= 15 is 0 Å². The molecular formula is C27H32ClF4N7. The van der Waals surface area contributed by atoms with E-state index in [1.165, 1.54) is 30.6 Å². The molecule has 1 aliphatic carbocycles. The van der Waals surface area contributed by atoms with Gasteiger partial charge in [0.05, 0.1) is 16.2 Å². The van der Waals surface area contributed by atoms with Crippen LogP contribution in [0.15, 0.2) is 54.6 Å². The molecule has 1 atom stereocenters. The predicted octanol–water partition coefficient (Wildman–Crippen LogP) is 6.28. The molecule has 0 amide bonds. The Labute approximate surface area is 229 Å². The van der Waals surface area contributed by atoms with Crippen molar-refractivity contribution in [3.63, 3.8) is 0 Å². The lowest BCUT2D eigenvalue weighted by atomic mass is 9.88. The van der Waals surface area contributed by atoms with Gasteiger partial charge in [-0.15, -0.1) is 0 Å². The predicted molar refractivity (Wildman–Crippen MR) is 146 cm³/mol. The second-order valence-corrected chi connectivity index (χ2v) is 11.7. The Morgan fingerprint density at radius 2 is 1.74 bits per heavy atom. The minimum absolute atomic E-state index is 0.0151. The van der Waals surface area contributed by atoms with Gasteiger partial charge in [-0.25, -0.2) is 20.2 Å². The molecular weight excluding hydrogens is 534 g/mol. The lowest BCUT2D eigenvalue weighted by Crippen LogP contribution is -2.50. The van der Waals surface area contributed by atoms with Gasteiger partial charge in [0.15, 0.2) is 5.54 Å².